The normalized spacial score (nSPS) is 11.2. The monoisotopic (exact) mass is 429 g/mol. The Morgan fingerprint density at radius 1 is 0.933 bits per heavy atom. The van der Waals surface area contributed by atoms with Crippen molar-refractivity contribution >= 4 is 18.2 Å². The lowest BCUT2D eigenvalue weighted by Gasteiger charge is -2.16. The highest BCUT2D eigenvalue weighted by Gasteiger charge is 2.20. The van der Waals surface area contributed by atoms with E-state index in [0.29, 0.717) is 13.0 Å². The van der Waals surface area contributed by atoms with Gasteiger partial charge in [0.05, 0.1) is 13.7 Å². The molecular formula is C23H47N3O4. The van der Waals surface area contributed by atoms with E-state index >= 15 is 0 Å². The zero-order valence-electron chi connectivity index (χ0n) is 19.7. The Kier molecular flexibility index (Phi) is 26.2. The zero-order valence-corrected chi connectivity index (χ0v) is 19.7. The number of likely N-dealkylation sites (N-methyl/N-ethyl adjacent to an activating group) is 1. The molecule has 0 saturated heterocycles. The number of nitrogens with two attached hydrogens (primary N) is 1. The maximum atomic E-state index is 11.4. The number of aldehydes is 1. The maximum absolute atomic E-state index is 11.4. The van der Waals surface area contributed by atoms with Crippen molar-refractivity contribution in [3.63, 3.8) is 0 Å². The summed E-state index contributed by atoms with van der Waals surface area (Å²) in [7, 11) is 2.98. The average molecular weight is 430 g/mol. The number of carbonyl (C=O) groups excluding carboxylic acids is 3. The molecule has 178 valence electrons. The van der Waals surface area contributed by atoms with Crippen molar-refractivity contribution in [3.05, 3.63) is 0 Å². The number of ether oxygens (including phenoxy) is 1. The Hall–Kier alpha value is -1.47. The van der Waals surface area contributed by atoms with E-state index < -0.39 is 12.0 Å². The van der Waals surface area contributed by atoms with E-state index in [1.807, 2.05) is 0 Å². The fraction of sp³-hybridized carbons (Fsp3) is 0.870. The van der Waals surface area contributed by atoms with Crippen LogP contribution >= 0.6 is 0 Å². The molecule has 1 unspecified atom stereocenters. The largest absolute Gasteiger partial charge is 0.467 e. The van der Waals surface area contributed by atoms with Crippen molar-refractivity contribution in [2.45, 2.75) is 103 Å². The van der Waals surface area contributed by atoms with Crippen molar-refractivity contribution in [2.24, 2.45) is 5.73 Å². The highest BCUT2D eigenvalue weighted by atomic mass is 16.5. The van der Waals surface area contributed by atoms with Gasteiger partial charge >= 0.3 is 5.97 Å². The van der Waals surface area contributed by atoms with Crippen LogP contribution in [0.15, 0.2) is 0 Å². The molecule has 0 saturated carbocycles. The Morgan fingerprint density at radius 3 is 1.97 bits per heavy atom. The van der Waals surface area contributed by atoms with Crippen LogP contribution in [0.2, 0.25) is 0 Å². The van der Waals surface area contributed by atoms with E-state index in [-0.39, 0.29) is 12.5 Å². The standard InChI is InChI=1S/C13H26O.C10H21N3O3/c1-2-3-4-5-6-7-8-9-10-11-12-13-14;1-12-7-9(14)13-8(10(15)16-2)5-3-4-6-11/h13H,2-12H2,1H3;8,12H,3-7,11H2,1-2H3,(H,13,14). The van der Waals surface area contributed by atoms with E-state index in [1.54, 1.807) is 7.05 Å². The van der Waals surface area contributed by atoms with E-state index in [0.717, 1.165) is 32.0 Å². The summed E-state index contributed by atoms with van der Waals surface area (Å²) in [5.74, 6) is -0.632. The first-order valence-electron chi connectivity index (χ1n) is 11.7. The number of unbranched alkanes of at least 4 members (excludes halogenated alkanes) is 11. The molecule has 0 aliphatic carbocycles. The summed E-state index contributed by atoms with van der Waals surface area (Å²) >= 11 is 0. The Morgan fingerprint density at radius 2 is 1.50 bits per heavy atom. The molecule has 0 aromatic rings. The molecule has 0 aromatic carbocycles. The molecule has 1 amide bonds. The summed E-state index contributed by atoms with van der Waals surface area (Å²) < 4.78 is 4.62. The molecule has 7 heteroatoms. The molecule has 30 heavy (non-hydrogen) atoms. The van der Waals surface area contributed by atoms with Gasteiger partial charge in [0.1, 0.15) is 12.3 Å². The van der Waals surface area contributed by atoms with Gasteiger partial charge in [-0.3, -0.25) is 4.79 Å². The van der Waals surface area contributed by atoms with Gasteiger partial charge in [0, 0.05) is 6.42 Å². The quantitative estimate of drug-likeness (QED) is 0.165. The second kappa shape index (κ2) is 25.6. The first-order chi connectivity index (χ1) is 14.6. The summed E-state index contributed by atoms with van der Waals surface area (Å²) in [6.07, 6.45) is 17.4. The van der Waals surface area contributed by atoms with Gasteiger partial charge in [-0.05, 0) is 39.3 Å². The molecule has 4 N–H and O–H groups in total. The minimum absolute atomic E-state index is 0.185. The molecule has 0 aliphatic rings. The summed E-state index contributed by atoms with van der Waals surface area (Å²) in [5.41, 5.74) is 5.36. The van der Waals surface area contributed by atoms with Crippen LogP contribution in [-0.2, 0) is 19.1 Å². The second-order valence-corrected chi connectivity index (χ2v) is 7.60. The van der Waals surface area contributed by atoms with Gasteiger partial charge in [-0.2, -0.15) is 0 Å². The summed E-state index contributed by atoms with van der Waals surface area (Å²) in [6.45, 7) is 3.02. The maximum Gasteiger partial charge on any atom is 0.328 e. The number of hydrogen-bond donors (Lipinski definition) is 3. The van der Waals surface area contributed by atoms with E-state index in [1.165, 1.54) is 64.9 Å². The Bertz CT molecular complexity index is 406. The first-order valence-corrected chi connectivity index (χ1v) is 11.7. The van der Waals surface area contributed by atoms with Crippen LogP contribution in [0.3, 0.4) is 0 Å². The number of esters is 1. The SMILES string of the molecule is CCCCCCCCCCCCC=O.CNCC(=O)NC(CCCCN)C(=O)OC. The van der Waals surface area contributed by atoms with E-state index in [9.17, 15) is 14.4 Å². The van der Waals surface area contributed by atoms with Crippen molar-refractivity contribution in [3.8, 4) is 0 Å². The predicted molar refractivity (Wildman–Crippen MR) is 123 cm³/mol. The fourth-order valence-corrected chi connectivity index (χ4v) is 3.01. The molecule has 0 rings (SSSR count). The lowest BCUT2D eigenvalue weighted by atomic mass is 10.1. The van der Waals surface area contributed by atoms with Crippen LogP contribution in [0.25, 0.3) is 0 Å². The number of rotatable bonds is 19. The fourth-order valence-electron chi connectivity index (χ4n) is 3.01. The molecule has 0 fully saturated rings. The molecule has 0 aromatic heterocycles. The van der Waals surface area contributed by atoms with Crippen LogP contribution in [0, 0.1) is 0 Å². The molecule has 0 spiro atoms. The van der Waals surface area contributed by atoms with Crippen LogP contribution in [0.4, 0.5) is 0 Å². The van der Waals surface area contributed by atoms with E-state index in [2.05, 4.69) is 22.3 Å². The first kappa shape index (κ1) is 30.7. The lowest BCUT2D eigenvalue weighted by molar-refractivity contribution is -0.145. The predicted octanol–water partition coefficient (Wildman–Crippen LogP) is 3.49. The second-order valence-electron chi connectivity index (χ2n) is 7.60. The van der Waals surface area contributed by atoms with Gasteiger partial charge < -0.3 is 25.9 Å². The number of nitrogens with one attached hydrogen (secondary N) is 2. The number of hydrogen-bond acceptors (Lipinski definition) is 6. The lowest BCUT2D eigenvalue weighted by Crippen LogP contribution is -2.44. The van der Waals surface area contributed by atoms with Gasteiger partial charge in [-0.25, -0.2) is 4.79 Å². The van der Waals surface area contributed by atoms with Crippen LogP contribution in [-0.4, -0.2) is 51.5 Å². The molecule has 0 aliphatic heterocycles. The van der Waals surface area contributed by atoms with Gasteiger partial charge in [-0.1, -0.05) is 64.7 Å². The third-order valence-electron chi connectivity index (χ3n) is 4.78. The van der Waals surface area contributed by atoms with E-state index in [4.69, 9.17) is 5.73 Å². The Labute approximate surface area is 184 Å². The minimum Gasteiger partial charge on any atom is -0.467 e. The number of amides is 1. The van der Waals surface area contributed by atoms with Gasteiger partial charge in [0.2, 0.25) is 5.91 Å². The van der Waals surface area contributed by atoms with Gasteiger partial charge in [0.15, 0.2) is 0 Å². The van der Waals surface area contributed by atoms with Crippen LogP contribution < -0.4 is 16.4 Å². The average Bonchev–Trinajstić information content (AvgIpc) is 2.74. The topological polar surface area (TPSA) is 111 Å². The highest BCUT2D eigenvalue weighted by molar-refractivity contribution is 5.85. The molecule has 0 heterocycles. The molecular weight excluding hydrogens is 382 g/mol. The third-order valence-corrected chi connectivity index (χ3v) is 4.78. The van der Waals surface area contributed by atoms with Crippen LogP contribution in [0.1, 0.15) is 96.8 Å². The van der Waals surface area contributed by atoms with Crippen molar-refractivity contribution in [1.82, 2.24) is 10.6 Å². The van der Waals surface area contributed by atoms with Crippen molar-refractivity contribution in [1.29, 1.82) is 0 Å². The van der Waals surface area contributed by atoms with Gasteiger partial charge in [-0.15, -0.1) is 0 Å². The summed E-state index contributed by atoms with van der Waals surface area (Å²) in [4.78, 5) is 32.7. The zero-order chi connectivity index (χ0) is 22.9. The number of methoxy groups -OCH3 is 1. The van der Waals surface area contributed by atoms with Crippen molar-refractivity contribution in [2.75, 3.05) is 27.2 Å². The summed E-state index contributed by atoms with van der Waals surface area (Å²) in [6, 6.07) is -0.572. The van der Waals surface area contributed by atoms with Crippen molar-refractivity contribution < 1.29 is 19.1 Å². The summed E-state index contributed by atoms with van der Waals surface area (Å²) in [5, 5.41) is 5.32. The Balaban J connectivity index is 0. The highest BCUT2D eigenvalue weighted by Crippen LogP contribution is 2.10. The molecule has 0 bridgehead atoms. The minimum atomic E-state index is -0.572. The number of carbonyl (C=O) groups is 3. The van der Waals surface area contributed by atoms with Crippen LogP contribution in [0.5, 0.6) is 0 Å². The molecule has 0 radical (unpaired) electrons. The molecule has 7 nitrogen and oxygen atoms in total. The van der Waals surface area contributed by atoms with Gasteiger partial charge in [0.25, 0.3) is 0 Å². The third kappa shape index (κ3) is 22.8. The molecule has 1 atom stereocenters. The smallest absolute Gasteiger partial charge is 0.328 e.